The Labute approximate surface area is 141 Å². The average Bonchev–Trinajstić information content (AvgIpc) is 2.49. The minimum Gasteiger partial charge on any atom is -0.374 e. The topological polar surface area (TPSA) is 24.5 Å². The molecule has 0 amide bonds. The van der Waals surface area contributed by atoms with Gasteiger partial charge in [0.05, 0.1) is 12.7 Å². The van der Waals surface area contributed by atoms with E-state index < -0.39 is 0 Å². The van der Waals surface area contributed by atoms with Gasteiger partial charge in [0.1, 0.15) is 0 Å². The number of hydrogen-bond acceptors (Lipinski definition) is 3. The van der Waals surface area contributed by atoms with E-state index in [1.54, 1.807) is 0 Å². The molecule has 5 heteroatoms. The van der Waals surface area contributed by atoms with Gasteiger partial charge in [-0.15, -0.1) is 0 Å². The van der Waals surface area contributed by atoms with Crippen LogP contribution in [0.1, 0.15) is 19.4 Å². The van der Waals surface area contributed by atoms with Crippen molar-refractivity contribution in [2.75, 3.05) is 32.8 Å². The van der Waals surface area contributed by atoms with Gasteiger partial charge in [-0.2, -0.15) is 0 Å². The molecule has 1 N–H and O–H groups in total. The molecule has 1 saturated heterocycles. The van der Waals surface area contributed by atoms with E-state index in [0.29, 0.717) is 6.04 Å². The van der Waals surface area contributed by atoms with Gasteiger partial charge in [-0.3, -0.25) is 4.90 Å². The molecule has 2 unspecified atom stereocenters. The Morgan fingerprint density at radius 2 is 2.29 bits per heavy atom. The number of rotatable bonds is 6. The van der Waals surface area contributed by atoms with Gasteiger partial charge in [0.15, 0.2) is 0 Å². The molecule has 2 rings (SSSR count). The SMILES string of the molecule is CCNC(Cc1ccc(Br)cc1Cl)C1CN(CC)CCO1. The molecule has 1 aromatic rings. The summed E-state index contributed by atoms with van der Waals surface area (Å²) in [6.07, 6.45) is 1.11. The number of halogens is 2. The molecular formula is C16H24BrClN2O. The molecule has 21 heavy (non-hydrogen) atoms. The van der Waals surface area contributed by atoms with E-state index in [-0.39, 0.29) is 6.10 Å². The van der Waals surface area contributed by atoms with E-state index in [0.717, 1.165) is 48.7 Å². The van der Waals surface area contributed by atoms with Crippen molar-refractivity contribution in [3.05, 3.63) is 33.3 Å². The summed E-state index contributed by atoms with van der Waals surface area (Å²) in [6.45, 7) is 9.19. The van der Waals surface area contributed by atoms with E-state index in [1.807, 2.05) is 12.1 Å². The lowest BCUT2D eigenvalue weighted by molar-refractivity contribution is -0.0445. The molecule has 1 aromatic carbocycles. The standard InChI is InChI=1S/C16H24BrClN2O/c1-3-19-15(16-11-20(4-2)7-8-21-16)9-12-5-6-13(17)10-14(12)18/h5-6,10,15-16,19H,3-4,7-9,11H2,1-2H3. The lowest BCUT2D eigenvalue weighted by Crippen LogP contribution is -2.53. The first kappa shape index (κ1) is 17.2. The fourth-order valence-corrected chi connectivity index (χ4v) is 3.53. The van der Waals surface area contributed by atoms with Crippen molar-refractivity contribution in [2.24, 2.45) is 0 Å². The zero-order chi connectivity index (χ0) is 15.2. The Morgan fingerprint density at radius 3 is 2.95 bits per heavy atom. The smallest absolute Gasteiger partial charge is 0.0858 e. The zero-order valence-corrected chi connectivity index (χ0v) is 15.1. The number of ether oxygens (including phenoxy) is 1. The lowest BCUT2D eigenvalue weighted by Gasteiger charge is -2.37. The van der Waals surface area contributed by atoms with Gasteiger partial charge in [0.25, 0.3) is 0 Å². The van der Waals surface area contributed by atoms with Gasteiger partial charge >= 0.3 is 0 Å². The molecule has 1 aliphatic rings. The molecule has 3 nitrogen and oxygen atoms in total. The molecule has 0 aliphatic carbocycles. The van der Waals surface area contributed by atoms with Gasteiger partial charge in [0.2, 0.25) is 0 Å². The Balaban J connectivity index is 2.07. The second-order valence-corrected chi connectivity index (χ2v) is 6.73. The third kappa shape index (κ3) is 4.93. The van der Waals surface area contributed by atoms with Crippen LogP contribution >= 0.6 is 27.5 Å². The van der Waals surface area contributed by atoms with Crippen LogP contribution in [0.15, 0.2) is 22.7 Å². The summed E-state index contributed by atoms with van der Waals surface area (Å²) in [5.41, 5.74) is 1.17. The van der Waals surface area contributed by atoms with Crippen molar-refractivity contribution in [3.63, 3.8) is 0 Å². The highest BCUT2D eigenvalue weighted by Gasteiger charge is 2.27. The maximum Gasteiger partial charge on any atom is 0.0858 e. The van der Waals surface area contributed by atoms with Crippen molar-refractivity contribution in [1.29, 1.82) is 0 Å². The highest BCUT2D eigenvalue weighted by atomic mass is 79.9. The molecule has 1 heterocycles. The van der Waals surface area contributed by atoms with Crippen LogP contribution < -0.4 is 5.32 Å². The predicted octanol–water partition coefficient (Wildman–Crippen LogP) is 3.34. The minimum absolute atomic E-state index is 0.221. The van der Waals surface area contributed by atoms with Gasteiger partial charge in [-0.1, -0.05) is 47.4 Å². The van der Waals surface area contributed by atoms with Gasteiger partial charge in [0, 0.05) is 28.6 Å². The molecular weight excluding hydrogens is 352 g/mol. The lowest BCUT2D eigenvalue weighted by atomic mass is 9.99. The molecule has 1 aliphatic heterocycles. The van der Waals surface area contributed by atoms with Gasteiger partial charge in [-0.25, -0.2) is 0 Å². The number of nitrogens with one attached hydrogen (secondary N) is 1. The summed E-state index contributed by atoms with van der Waals surface area (Å²) >= 11 is 9.82. The normalized spacial score (nSPS) is 21.4. The molecule has 0 aromatic heterocycles. The van der Waals surface area contributed by atoms with E-state index in [2.05, 4.69) is 46.1 Å². The van der Waals surface area contributed by atoms with Crippen LogP contribution in [-0.2, 0) is 11.2 Å². The Morgan fingerprint density at radius 1 is 1.48 bits per heavy atom. The largest absolute Gasteiger partial charge is 0.374 e. The molecule has 1 fully saturated rings. The van der Waals surface area contributed by atoms with E-state index in [1.165, 1.54) is 5.56 Å². The van der Waals surface area contributed by atoms with Crippen LogP contribution in [0.5, 0.6) is 0 Å². The zero-order valence-electron chi connectivity index (χ0n) is 12.7. The molecule has 0 saturated carbocycles. The van der Waals surface area contributed by atoms with Crippen molar-refractivity contribution in [1.82, 2.24) is 10.2 Å². The van der Waals surface area contributed by atoms with Crippen molar-refractivity contribution in [3.8, 4) is 0 Å². The third-order valence-electron chi connectivity index (χ3n) is 3.99. The Kier molecular flexibility index (Phi) is 6.96. The molecule has 0 radical (unpaired) electrons. The van der Waals surface area contributed by atoms with Crippen LogP contribution in [-0.4, -0.2) is 49.8 Å². The third-order valence-corrected chi connectivity index (χ3v) is 4.84. The molecule has 0 bridgehead atoms. The highest BCUT2D eigenvalue weighted by molar-refractivity contribution is 9.10. The number of morpholine rings is 1. The van der Waals surface area contributed by atoms with Gasteiger partial charge in [-0.05, 0) is 37.2 Å². The summed E-state index contributed by atoms with van der Waals surface area (Å²) in [6, 6.07) is 6.39. The van der Waals surface area contributed by atoms with Crippen LogP contribution in [0.3, 0.4) is 0 Å². The second kappa shape index (κ2) is 8.49. The van der Waals surface area contributed by atoms with Crippen molar-refractivity contribution >= 4 is 27.5 Å². The molecule has 0 spiro atoms. The summed E-state index contributed by atoms with van der Waals surface area (Å²) in [7, 11) is 0. The fraction of sp³-hybridized carbons (Fsp3) is 0.625. The summed E-state index contributed by atoms with van der Waals surface area (Å²) in [4.78, 5) is 2.45. The monoisotopic (exact) mass is 374 g/mol. The Bertz CT molecular complexity index is 458. The molecule has 2 atom stereocenters. The molecule has 118 valence electrons. The van der Waals surface area contributed by atoms with Crippen LogP contribution in [0.4, 0.5) is 0 Å². The number of benzene rings is 1. The maximum absolute atomic E-state index is 6.36. The average molecular weight is 376 g/mol. The second-order valence-electron chi connectivity index (χ2n) is 5.41. The summed E-state index contributed by atoms with van der Waals surface area (Å²) in [5, 5.41) is 4.38. The van der Waals surface area contributed by atoms with E-state index in [4.69, 9.17) is 16.3 Å². The fourth-order valence-electron chi connectivity index (χ4n) is 2.78. The maximum atomic E-state index is 6.36. The predicted molar refractivity (Wildman–Crippen MR) is 92.2 cm³/mol. The van der Waals surface area contributed by atoms with Crippen LogP contribution in [0.2, 0.25) is 5.02 Å². The first-order valence-corrected chi connectivity index (χ1v) is 8.82. The number of nitrogens with zero attached hydrogens (tertiary/aromatic N) is 1. The van der Waals surface area contributed by atoms with E-state index >= 15 is 0 Å². The number of likely N-dealkylation sites (N-methyl/N-ethyl adjacent to an activating group) is 2. The van der Waals surface area contributed by atoms with Crippen molar-refractivity contribution in [2.45, 2.75) is 32.4 Å². The van der Waals surface area contributed by atoms with Crippen molar-refractivity contribution < 1.29 is 4.74 Å². The minimum atomic E-state index is 0.221. The van der Waals surface area contributed by atoms with E-state index in [9.17, 15) is 0 Å². The first-order valence-electron chi connectivity index (χ1n) is 7.65. The van der Waals surface area contributed by atoms with Gasteiger partial charge < -0.3 is 10.1 Å². The summed E-state index contributed by atoms with van der Waals surface area (Å²) < 4.78 is 7.02. The highest BCUT2D eigenvalue weighted by Crippen LogP contribution is 2.24. The number of hydrogen-bond donors (Lipinski definition) is 1. The summed E-state index contributed by atoms with van der Waals surface area (Å²) in [5.74, 6) is 0. The quantitative estimate of drug-likeness (QED) is 0.825. The first-order chi connectivity index (χ1) is 10.1. The Hall–Kier alpha value is -0.130. The van der Waals surface area contributed by atoms with Crippen LogP contribution in [0.25, 0.3) is 0 Å². The van der Waals surface area contributed by atoms with Crippen LogP contribution in [0, 0.1) is 0 Å².